The summed E-state index contributed by atoms with van der Waals surface area (Å²) in [4.78, 5) is 19.9. The van der Waals surface area contributed by atoms with E-state index < -0.39 is 0 Å². The van der Waals surface area contributed by atoms with E-state index in [4.69, 9.17) is 4.74 Å². The first kappa shape index (κ1) is 47.4. The molecule has 342 valence electrons. The Morgan fingerprint density at radius 1 is 0.492 bits per heavy atom. The van der Waals surface area contributed by atoms with Crippen LogP contribution in [-0.4, -0.2) is 84.7 Å². The number of fused-ring (bicyclic) bond motifs is 3. The molecule has 0 saturated carbocycles. The summed E-state index contributed by atoms with van der Waals surface area (Å²) in [6, 6.07) is 32.4. The predicted octanol–water partition coefficient (Wildman–Crippen LogP) is 10.2. The van der Waals surface area contributed by atoms with Gasteiger partial charge in [0.2, 0.25) is 0 Å². The second kappa shape index (κ2) is 24.1. The first-order chi connectivity index (χ1) is 31.9. The van der Waals surface area contributed by atoms with E-state index in [0.29, 0.717) is 29.6 Å². The van der Waals surface area contributed by atoms with Gasteiger partial charge in [-0.1, -0.05) is 57.2 Å². The first-order valence-electron chi connectivity index (χ1n) is 24.0. The third kappa shape index (κ3) is 12.8. The van der Waals surface area contributed by atoms with Crippen LogP contribution in [-0.2, 0) is 58.2 Å². The lowest BCUT2D eigenvalue weighted by atomic mass is 9.86. The lowest BCUT2D eigenvalue weighted by molar-refractivity contribution is 0.170. The van der Waals surface area contributed by atoms with Crippen LogP contribution in [0.25, 0.3) is 0 Å². The van der Waals surface area contributed by atoms with Crippen molar-refractivity contribution < 1.29 is 14.9 Å². The van der Waals surface area contributed by atoms with Crippen LogP contribution in [0.15, 0.2) is 128 Å². The number of rotatable bonds is 14. The SMILES string of the molecule is CCCN(Cc1ccncc1)[C@@H]1CCc2cccc(O)c2C1.CCN(Cc1ccncc1)C1CCc2cccc(O)c2C1.CCN(Cc1ccncc1)C1CCc2cccc(OC)c2C1. The molecule has 9 heteroatoms. The van der Waals surface area contributed by atoms with Gasteiger partial charge in [-0.3, -0.25) is 29.7 Å². The maximum atomic E-state index is 10.1. The minimum Gasteiger partial charge on any atom is -0.508 e. The molecule has 2 N–H and O–H groups in total. The molecule has 6 aromatic rings. The standard InChI is InChI=1S/2C19H24N2O.C18H22N2O/c1-3-21(14-15-9-11-20-12-10-15)17-8-7-16-5-4-6-19(22-2)18(16)13-17;1-2-12-21(14-15-8-10-20-11-9-15)17-7-6-16-4-3-5-19(22)18(16)13-17;1-2-20(13-14-8-10-19-11-9-14)16-7-6-15-4-3-5-18(21)17(15)12-16/h4-6,9-12,17H,3,7-8,13-14H2,1-2H3;3-5,8-11,17,22H,2,6-7,12-14H2,1H3;3-5,8-11,16,21H,2,6-7,12-13H2,1H3/t;17-;/m.1./s1. The van der Waals surface area contributed by atoms with Gasteiger partial charge in [-0.25, -0.2) is 0 Å². The molecule has 0 amide bonds. The van der Waals surface area contributed by atoms with E-state index in [0.717, 1.165) is 108 Å². The quantitative estimate of drug-likeness (QED) is 0.111. The van der Waals surface area contributed by atoms with Crippen molar-refractivity contribution in [3.05, 3.63) is 178 Å². The van der Waals surface area contributed by atoms with Gasteiger partial charge in [-0.2, -0.15) is 0 Å². The predicted molar refractivity (Wildman–Crippen MR) is 262 cm³/mol. The molecule has 0 aliphatic heterocycles. The molecule has 2 unspecified atom stereocenters. The molecule has 0 radical (unpaired) electrons. The van der Waals surface area contributed by atoms with Gasteiger partial charge in [0.05, 0.1) is 7.11 Å². The van der Waals surface area contributed by atoms with Crippen LogP contribution in [0.5, 0.6) is 17.2 Å². The van der Waals surface area contributed by atoms with Crippen molar-refractivity contribution in [1.29, 1.82) is 0 Å². The lowest BCUT2D eigenvalue weighted by Gasteiger charge is -2.35. The van der Waals surface area contributed by atoms with Crippen molar-refractivity contribution in [3.63, 3.8) is 0 Å². The smallest absolute Gasteiger partial charge is 0.122 e. The second-order valence-electron chi connectivity index (χ2n) is 17.8. The maximum absolute atomic E-state index is 10.1. The van der Waals surface area contributed by atoms with Crippen molar-refractivity contribution in [1.82, 2.24) is 29.7 Å². The summed E-state index contributed by atoms with van der Waals surface area (Å²) in [5.41, 5.74) is 11.7. The van der Waals surface area contributed by atoms with E-state index in [-0.39, 0.29) is 0 Å². The van der Waals surface area contributed by atoms with Crippen LogP contribution in [0.1, 0.15) is 96.5 Å². The van der Waals surface area contributed by atoms with E-state index in [2.05, 4.69) is 117 Å². The molecule has 3 aliphatic carbocycles. The zero-order valence-electron chi connectivity index (χ0n) is 39.2. The number of methoxy groups -OCH3 is 1. The Morgan fingerprint density at radius 2 is 0.862 bits per heavy atom. The number of aromatic hydroxyl groups is 2. The summed E-state index contributed by atoms with van der Waals surface area (Å²) in [5, 5.41) is 20.2. The molecular weight excluding hydrogens is 805 g/mol. The Morgan fingerprint density at radius 3 is 1.26 bits per heavy atom. The van der Waals surface area contributed by atoms with Crippen LogP contribution >= 0.6 is 0 Å². The van der Waals surface area contributed by atoms with Gasteiger partial charge >= 0.3 is 0 Å². The highest BCUT2D eigenvalue weighted by molar-refractivity contribution is 5.44. The monoisotopic (exact) mass is 875 g/mol. The number of nitrogens with zero attached hydrogens (tertiary/aromatic N) is 6. The van der Waals surface area contributed by atoms with Crippen LogP contribution in [0.2, 0.25) is 0 Å². The number of phenolic OH excluding ortho intramolecular Hbond substituents is 2. The Hall–Kier alpha value is -5.61. The molecule has 0 fully saturated rings. The van der Waals surface area contributed by atoms with E-state index >= 15 is 0 Å². The summed E-state index contributed by atoms with van der Waals surface area (Å²) in [6.45, 7) is 12.8. The van der Waals surface area contributed by atoms with Crippen molar-refractivity contribution in [2.24, 2.45) is 0 Å². The minimum atomic E-state index is 0.456. The van der Waals surface area contributed by atoms with Gasteiger partial charge in [-0.15, -0.1) is 0 Å². The molecule has 0 saturated heterocycles. The third-order valence-corrected chi connectivity index (χ3v) is 13.8. The van der Waals surface area contributed by atoms with Crippen LogP contribution in [0.3, 0.4) is 0 Å². The number of benzene rings is 3. The normalized spacial score (nSPS) is 17.5. The summed E-state index contributed by atoms with van der Waals surface area (Å²) < 4.78 is 5.57. The Kier molecular flexibility index (Phi) is 17.5. The highest BCUT2D eigenvalue weighted by Crippen LogP contribution is 2.34. The van der Waals surface area contributed by atoms with E-state index in [9.17, 15) is 10.2 Å². The number of likely N-dealkylation sites (N-methyl/N-ethyl adjacent to an activating group) is 2. The molecule has 0 bridgehead atoms. The van der Waals surface area contributed by atoms with Crippen molar-refractivity contribution >= 4 is 0 Å². The number of aryl methyl sites for hydroxylation is 3. The number of hydrogen-bond acceptors (Lipinski definition) is 9. The highest BCUT2D eigenvalue weighted by Gasteiger charge is 2.28. The van der Waals surface area contributed by atoms with Crippen molar-refractivity contribution in [3.8, 4) is 17.2 Å². The Bertz CT molecular complexity index is 2330. The lowest BCUT2D eigenvalue weighted by Crippen LogP contribution is -2.39. The second-order valence-corrected chi connectivity index (χ2v) is 17.8. The van der Waals surface area contributed by atoms with Gasteiger partial charge in [0.25, 0.3) is 0 Å². The average molecular weight is 875 g/mol. The highest BCUT2D eigenvalue weighted by atomic mass is 16.5. The van der Waals surface area contributed by atoms with Crippen LogP contribution < -0.4 is 4.74 Å². The van der Waals surface area contributed by atoms with Gasteiger partial charge < -0.3 is 14.9 Å². The fourth-order valence-corrected chi connectivity index (χ4v) is 10.2. The average Bonchev–Trinajstić information content (AvgIpc) is 3.36. The fraction of sp³-hybridized carbons (Fsp3) is 0.411. The van der Waals surface area contributed by atoms with Crippen molar-refractivity contribution in [2.75, 3.05) is 26.7 Å². The van der Waals surface area contributed by atoms with Crippen LogP contribution in [0.4, 0.5) is 0 Å². The summed E-state index contributed by atoms with van der Waals surface area (Å²) in [5.74, 6) is 1.96. The maximum Gasteiger partial charge on any atom is 0.122 e. The Balaban J connectivity index is 0.000000145. The number of pyridine rings is 3. The number of aromatic nitrogens is 3. The molecule has 0 spiro atoms. The topological polar surface area (TPSA) is 98.1 Å². The molecular formula is C56H70N6O3. The van der Waals surface area contributed by atoms with Gasteiger partial charge in [-0.05, 0) is 189 Å². The van der Waals surface area contributed by atoms with Gasteiger partial charge in [0.1, 0.15) is 17.2 Å². The van der Waals surface area contributed by atoms with E-state index in [1.165, 1.54) is 51.8 Å². The Labute approximate surface area is 388 Å². The largest absolute Gasteiger partial charge is 0.508 e. The fourth-order valence-electron chi connectivity index (χ4n) is 10.2. The molecule has 3 heterocycles. The molecule has 3 aromatic carbocycles. The number of hydrogen-bond donors (Lipinski definition) is 2. The summed E-state index contributed by atoms with van der Waals surface area (Å²) in [7, 11) is 1.77. The summed E-state index contributed by atoms with van der Waals surface area (Å²) >= 11 is 0. The summed E-state index contributed by atoms with van der Waals surface area (Å²) in [6.07, 6.45) is 22.1. The van der Waals surface area contributed by atoms with Crippen LogP contribution in [0, 0.1) is 0 Å². The minimum absolute atomic E-state index is 0.456. The number of ether oxygens (including phenoxy) is 1. The molecule has 9 nitrogen and oxygen atoms in total. The molecule has 9 rings (SSSR count). The van der Waals surface area contributed by atoms with E-state index in [1.54, 1.807) is 13.2 Å². The third-order valence-electron chi connectivity index (χ3n) is 13.8. The first-order valence-corrected chi connectivity index (χ1v) is 24.0. The van der Waals surface area contributed by atoms with Gasteiger partial charge in [0, 0.05) is 74.9 Å². The zero-order valence-corrected chi connectivity index (χ0v) is 39.2. The van der Waals surface area contributed by atoms with Crippen molar-refractivity contribution in [2.45, 2.75) is 123 Å². The van der Waals surface area contributed by atoms with E-state index in [1.807, 2.05) is 55.4 Å². The molecule has 3 atom stereocenters. The number of phenols is 2. The zero-order chi connectivity index (χ0) is 45.4. The van der Waals surface area contributed by atoms with Gasteiger partial charge in [0.15, 0.2) is 0 Å². The molecule has 3 aromatic heterocycles. The molecule has 65 heavy (non-hydrogen) atoms. The molecule has 3 aliphatic rings.